The summed E-state index contributed by atoms with van der Waals surface area (Å²) >= 11 is 1.23. The Labute approximate surface area is 144 Å². The third-order valence-electron chi connectivity index (χ3n) is 3.59. The minimum atomic E-state index is -0.951. The lowest BCUT2D eigenvalue weighted by molar-refractivity contribution is -0.138. The van der Waals surface area contributed by atoms with E-state index >= 15 is 0 Å². The van der Waals surface area contributed by atoms with Crippen molar-refractivity contribution in [2.45, 2.75) is 40.7 Å². The Balaban J connectivity index is 2.57. The lowest BCUT2D eigenvalue weighted by Crippen LogP contribution is -2.34. The van der Waals surface area contributed by atoms with E-state index in [-0.39, 0.29) is 12.5 Å². The number of aromatic nitrogens is 2. The number of ether oxygens (including phenoxy) is 1. The number of aryl methyl sites for hydroxylation is 2. The van der Waals surface area contributed by atoms with Gasteiger partial charge in [0.15, 0.2) is 0 Å². The van der Waals surface area contributed by atoms with Gasteiger partial charge in [-0.1, -0.05) is 13.8 Å². The second kappa shape index (κ2) is 7.12. The summed E-state index contributed by atoms with van der Waals surface area (Å²) < 4.78 is 5.07. The minimum absolute atomic E-state index is 0.128. The number of esters is 1. The van der Waals surface area contributed by atoms with Crippen molar-refractivity contribution < 1.29 is 19.4 Å². The Hall–Kier alpha value is -2.22. The molecule has 0 amide bonds. The summed E-state index contributed by atoms with van der Waals surface area (Å²) in [6.45, 7) is 9.20. The van der Waals surface area contributed by atoms with Gasteiger partial charge in [-0.15, -0.1) is 11.3 Å². The van der Waals surface area contributed by atoms with Gasteiger partial charge in [0, 0.05) is 0 Å². The number of rotatable bonds is 6. The Morgan fingerprint density at radius 3 is 2.50 bits per heavy atom. The molecule has 2 rings (SSSR count). The molecular formula is C16H21N3O4S. The molecule has 0 radical (unpaired) electrons. The van der Waals surface area contributed by atoms with E-state index in [1.165, 1.54) is 11.3 Å². The van der Waals surface area contributed by atoms with E-state index in [1.807, 2.05) is 13.8 Å². The first kappa shape index (κ1) is 18.1. The van der Waals surface area contributed by atoms with Crippen molar-refractivity contribution >= 4 is 39.3 Å². The van der Waals surface area contributed by atoms with Crippen LogP contribution in [0.3, 0.4) is 0 Å². The Kier molecular flexibility index (Phi) is 5.38. The molecule has 0 saturated carbocycles. The third kappa shape index (κ3) is 3.48. The number of carboxylic acids is 1. The molecule has 2 aromatic rings. The number of hydrogen-bond acceptors (Lipinski definition) is 7. The number of anilines is 1. The van der Waals surface area contributed by atoms with Crippen LogP contribution < -0.4 is 5.32 Å². The molecule has 0 aliphatic rings. The van der Waals surface area contributed by atoms with Gasteiger partial charge in [-0.05, 0) is 32.3 Å². The van der Waals surface area contributed by atoms with E-state index in [1.54, 1.807) is 20.8 Å². The van der Waals surface area contributed by atoms with Crippen LogP contribution in [0.5, 0.6) is 0 Å². The fraction of sp³-hybridized carbons (Fsp3) is 0.500. The van der Waals surface area contributed by atoms with E-state index in [9.17, 15) is 14.7 Å². The molecule has 0 aromatic carbocycles. The monoisotopic (exact) mass is 351 g/mol. The van der Waals surface area contributed by atoms with Gasteiger partial charge >= 0.3 is 11.9 Å². The number of carboxylic acid groups (broad SMARTS) is 1. The van der Waals surface area contributed by atoms with Gasteiger partial charge in [-0.3, -0.25) is 0 Å². The molecule has 0 fully saturated rings. The topological polar surface area (TPSA) is 101 Å². The smallest absolute Gasteiger partial charge is 0.348 e. The highest BCUT2D eigenvalue weighted by molar-refractivity contribution is 7.20. The molecule has 7 nitrogen and oxygen atoms in total. The predicted octanol–water partition coefficient (Wildman–Crippen LogP) is 3.01. The summed E-state index contributed by atoms with van der Waals surface area (Å²) in [5, 5.41) is 13.1. The van der Waals surface area contributed by atoms with Crippen molar-refractivity contribution in [3.8, 4) is 0 Å². The number of fused-ring (bicyclic) bond motifs is 1. The Bertz CT molecular complexity index is 785. The Morgan fingerprint density at radius 2 is 1.96 bits per heavy atom. The molecular weight excluding hydrogens is 330 g/mol. The average molecular weight is 351 g/mol. The number of carbonyl (C=O) groups excluding carboxylic acids is 1. The fourth-order valence-electron chi connectivity index (χ4n) is 2.40. The normalized spacial score (nSPS) is 12.4. The van der Waals surface area contributed by atoms with Crippen LogP contribution in [0.4, 0.5) is 5.82 Å². The maximum absolute atomic E-state index is 12.1. The molecule has 0 aliphatic carbocycles. The van der Waals surface area contributed by atoms with Crippen molar-refractivity contribution in [1.29, 1.82) is 0 Å². The van der Waals surface area contributed by atoms with Crippen LogP contribution in [-0.4, -0.2) is 39.7 Å². The summed E-state index contributed by atoms with van der Waals surface area (Å²) in [5.74, 6) is -0.540. The Morgan fingerprint density at radius 1 is 1.29 bits per heavy atom. The molecule has 2 aromatic heterocycles. The summed E-state index contributed by atoms with van der Waals surface area (Å²) in [4.78, 5) is 33.4. The first-order valence-corrected chi connectivity index (χ1v) is 8.52. The van der Waals surface area contributed by atoms with Crippen molar-refractivity contribution in [2.24, 2.45) is 5.92 Å². The van der Waals surface area contributed by atoms with Crippen molar-refractivity contribution in [2.75, 3.05) is 11.9 Å². The van der Waals surface area contributed by atoms with Crippen molar-refractivity contribution in [3.63, 3.8) is 0 Å². The second-order valence-corrected chi connectivity index (χ2v) is 6.78. The maximum atomic E-state index is 12.1. The summed E-state index contributed by atoms with van der Waals surface area (Å²) in [6.07, 6.45) is 0. The van der Waals surface area contributed by atoms with Gasteiger partial charge in [-0.2, -0.15) is 0 Å². The molecule has 24 heavy (non-hydrogen) atoms. The number of thiophene rings is 1. The fourth-order valence-corrected chi connectivity index (χ4v) is 3.52. The summed E-state index contributed by atoms with van der Waals surface area (Å²) in [5.41, 5.74) is 0.698. The van der Waals surface area contributed by atoms with Crippen LogP contribution >= 0.6 is 11.3 Å². The molecule has 2 heterocycles. The largest absolute Gasteiger partial charge is 0.480 e. The van der Waals surface area contributed by atoms with Crippen molar-refractivity contribution in [1.82, 2.24) is 9.97 Å². The predicted molar refractivity (Wildman–Crippen MR) is 92.7 cm³/mol. The van der Waals surface area contributed by atoms with E-state index in [2.05, 4.69) is 15.3 Å². The molecule has 0 aliphatic heterocycles. The summed E-state index contributed by atoms with van der Waals surface area (Å²) in [7, 11) is 0. The van der Waals surface area contributed by atoms with E-state index in [0.717, 1.165) is 0 Å². The van der Waals surface area contributed by atoms with Gasteiger partial charge in [0.25, 0.3) is 0 Å². The van der Waals surface area contributed by atoms with Crippen LogP contribution in [0.15, 0.2) is 0 Å². The molecule has 2 N–H and O–H groups in total. The van der Waals surface area contributed by atoms with Crippen LogP contribution in [0.1, 0.15) is 41.8 Å². The van der Waals surface area contributed by atoms with Crippen LogP contribution in [-0.2, 0) is 9.53 Å². The van der Waals surface area contributed by atoms with E-state index in [4.69, 9.17) is 4.74 Å². The second-order valence-electron chi connectivity index (χ2n) is 5.78. The SMILES string of the molecule is CCOC(=O)c1sc2nc(C)nc(N[C@H](C(=O)O)C(C)C)c2c1C. The zero-order valence-corrected chi connectivity index (χ0v) is 15.2. The number of nitrogens with one attached hydrogen (secondary N) is 1. The molecule has 1 atom stereocenters. The standard InChI is InChI=1S/C16H21N3O4S/c1-6-23-16(22)12-8(4)10-13(17-9(5)18-14(10)24-12)19-11(7(2)3)15(20)21/h7,11H,6H2,1-5H3,(H,20,21)(H,17,18,19)/t11-/m0/s1. The third-order valence-corrected chi connectivity index (χ3v) is 4.75. The van der Waals surface area contributed by atoms with Gasteiger partial charge in [-0.25, -0.2) is 19.6 Å². The zero-order chi connectivity index (χ0) is 18.0. The number of aliphatic carboxylic acids is 1. The van der Waals surface area contributed by atoms with E-state index < -0.39 is 18.0 Å². The highest BCUT2D eigenvalue weighted by atomic mass is 32.1. The van der Waals surface area contributed by atoms with Crippen LogP contribution in [0.25, 0.3) is 10.2 Å². The van der Waals surface area contributed by atoms with Crippen LogP contribution in [0.2, 0.25) is 0 Å². The highest BCUT2D eigenvalue weighted by Gasteiger charge is 2.26. The molecule has 0 saturated heterocycles. The molecule has 0 spiro atoms. The molecule has 130 valence electrons. The summed E-state index contributed by atoms with van der Waals surface area (Å²) in [6, 6.07) is -0.784. The maximum Gasteiger partial charge on any atom is 0.348 e. The number of nitrogens with zero attached hydrogens (tertiary/aromatic N) is 2. The number of carbonyl (C=O) groups is 2. The minimum Gasteiger partial charge on any atom is -0.480 e. The molecule has 0 bridgehead atoms. The zero-order valence-electron chi connectivity index (χ0n) is 14.3. The molecule has 8 heteroatoms. The first-order chi connectivity index (χ1) is 11.3. The van der Waals surface area contributed by atoms with Crippen molar-refractivity contribution in [3.05, 3.63) is 16.3 Å². The van der Waals surface area contributed by atoms with Gasteiger partial charge in [0.2, 0.25) is 0 Å². The molecule has 0 unspecified atom stereocenters. The van der Waals surface area contributed by atoms with Crippen LogP contribution in [0, 0.1) is 19.8 Å². The van der Waals surface area contributed by atoms with Gasteiger partial charge in [0.05, 0.1) is 12.0 Å². The lowest BCUT2D eigenvalue weighted by atomic mass is 10.0. The lowest BCUT2D eigenvalue weighted by Gasteiger charge is -2.19. The van der Waals surface area contributed by atoms with Gasteiger partial charge in [0.1, 0.15) is 27.4 Å². The highest BCUT2D eigenvalue weighted by Crippen LogP contribution is 2.34. The first-order valence-electron chi connectivity index (χ1n) is 7.70. The average Bonchev–Trinajstić information content (AvgIpc) is 2.81. The quantitative estimate of drug-likeness (QED) is 0.771. The van der Waals surface area contributed by atoms with E-state index in [0.29, 0.717) is 32.3 Å². The number of hydrogen-bond donors (Lipinski definition) is 2. The van der Waals surface area contributed by atoms with Gasteiger partial charge < -0.3 is 15.2 Å².